The summed E-state index contributed by atoms with van der Waals surface area (Å²) < 4.78 is 11.4. The number of nitrogens with one attached hydrogen (secondary N) is 1. The SMILES string of the molecule is COc1ccc2c(c1)[C@@H](NC(=O)c1cc(C)c(C)cc1C)CC(C)(C)O2. The molecule has 4 nitrogen and oxygen atoms in total. The van der Waals surface area contributed by atoms with E-state index in [4.69, 9.17) is 9.47 Å². The van der Waals surface area contributed by atoms with E-state index >= 15 is 0 Å². The van der Waals surface area contributed by atoms with Gasteiger partial charge >= 0.3 is 0 Å². The molecule has 0 aromatic heterocycles. The Balaban J connectivity index is 1.94. The fraction of sp³-hybridized carbons (Fsp3) is 0.409. The first kappa shape index (κ1) is 18.3. The lowest BCUT2D eigenvalue weighted by Gasteiger charge is -2.38. The van der Waals surface area contributed by atoms with Gasteiger partial charge in [0.1, 0.15) is 17.1 Å². The Bertz CT molecular complexity index is 855. The maximum absolute atomic E-state index is 13.0. The van der Waals surface area contributed by atoms with E-state index in [0.29, 0.717) is 6.42 Å². The number of hydrogen-bond acceptors (Lipinski definition) is 3. The molecule has 0 spiro atoms. The zero-order chi connectivity index (χ0) is 19.1. The number of carbonyl (C=O) groups excluding carboxylic acids is 1. The van der Waals surface area contributed by atoms with E-state index in [9.17, 15) is 4.79 Å². The lowest BCUT2D eigenvalue weighted by molar-refractivity contribution is 0.0618. The second-order valence-electron chi connectivity index (χ2n) is 7.75. The summed E-state index contributed by atoms with van der Waals surface area (Å²) in [4.78, 5) is 13.0. The fourth-order valence-electron chi connectivity index (χ4n) is 3.53. The molecule has 1 heterocycles. The number of benzene rings is 2. The van der Waals surface area contributed by atoms with Crippen LogP contribution in [0.4, 0.5) is 0 Å². The number of carbonyl (C=O) groups is 1. The molecule has 0 saturated carbocycles. The van der Waals surface area contributed by atoms with Gasteiger partial charge in [-0.25, -0.2) is 0 Å². The second-order valence-corrected chi connectivity index (χ2v) is 7.75. The number of amides is 1. The van der Waals surface area contributed by atoms with Crippen LogP contribution in [0.1, 0.15) is 58.9 Å². The predicted molar refractivity (Wildman–Crippen MR) is 103 cm³/mol. The van der Waals surface area contributed by atoms with Gasteiger partial charge in [0.15, 0.2) is 0 Å². The van der Waals surface area contributed by atoms with E-state index in [1.807, 2.05) is 52.0 Å². The van der Waals surface area contributed by atoms with Crippen molar-refractivity contribution in [1.82, 2.24) is 5.32 Å². The van der Waals surface area contributed by atoms with Crippen molar-refractivity contribution in [3.63, 3.8) is 0 Å². The normalized spacial score (nSPS) is 17.8. The summed E-state index contributed by atoms with van der Waals surface area (Å²) in [5.41, 5.74) is 4.64. The molecule has 138 valence electrons. The highest BCUT2D eigenvalue weighted by atomic mass is 16.5. The van der Waals surface area contributed by atoms with Crippen molar-refractivity contribution in [2.45, 2.75) is 52.7 Å². The second kappa shape index (κ2) is 6.67. The molecule has 1 aliphatic heterocycles. The van der Waals surface area contributed by atoms with Gasteiger partial charge in [-0.3, -0.25) is 4.79 Å². The van der Waals surface area contributed by atoms with Crippen LogP contribution in [0.3, 0.4) is 0 Å². The Morgan fingerprint density at radius 3 is 2.50 bits per heavy atom. The lowest BCUT2D eigenvalue weighted by atomic mass is 9.89. The summed E-state index contributed by atoms with van der Waals surface area (Å²) >= 11 is 0. The van der Waals surface area contributed by atoms with Crippen LogP contribution in [0.25, 0.3) is 0 Å². The fourth-order valence-corrected chi connectivity index (χ4v) is 3.53. The zero-order valence-corrected chi connectivity index (χ0v) is 16.4. The Morgan fingerprint density at radius 1 is 1.12 bits per heavy atom. The van der Waals surface area contributed by atoms with Gasteiger partial charge in [-0.1, -0.05) is 6.07 Å². The number of ether oxygens (including phenoxy) is 2. The molecule has 1 aliphatic rings. The molecule has 3 rings (SSSR count). The minimum Gasteiger partial charge on any atom is -0.497 e. The highest BCUT2D eigenvalue weighted by Gasteiger charge is 2.35. The third-order valence-electron chi connectivity index (χ3n) is 5.06. The van der Waals surface area contributed by atoms with Gasteiger partial charge < -0.3 is 14.8 Å². The van der Waals surface area contributed by atoms with Crippen LogP contribution in [-0.2, 0) is 0 Å². The third-order valence-corrected chi connectivity index (χ3v) is 5.06. The smallest absolute Gasteiger partial charge is 0.252 e. The minimum absolute atomic E-state index is 0.0536. The predicted octanol–water partition coefficient (Wildman–Crippen LogP) is 4.65. The van der Waals surface area contributed by atoms with E-state index in [2.05, 4.69) is 18.3 Å². The van der Waals surface area contributed by atoms with Crippen molar-refractivity contribution in [3.05, 3.63) is 58.1 Å². The Hall–Kier alpha value is -2.49. The van der Waals surface area contributed by atoms with E-state index < -0.39 is 0 Å². The summed E-state index contributed by atoms with van der Waals surface area (Å²) in [6, 6.07) is 9.65. The Kier molecular flexibility index (Phi) is 4.70. The van der Waals surface area contributed by atoms with Crippen molar-refractivity contribution in [1.29, 1.82) is 0 Å². The van der Waals surface area contributed by atoms with E-state index in [1.54, 1.807) is 7.11 Å². The van der Waals surface area contributed by atoms with Gasteiger partial charge in [-0.05, 0) is 75.6 Å². The molecule has 0 unspecified atom stereocenters. The molecule has 0 fully saturated rings. The summed E-state index contributed by atoms with van der Waals surface area (Å²) in [5, 5.41) is 3.21. The van der Waals surface area contributed by atoms with Gasteiger partial charge in [0.25, 0.3) is 5.91 Å². The van der Waals surface area contributed by atoms with Crippen molar-refractivity contribution >= 4 is 5.91 Å². The summed E-state index contributed by atoms with van der Waals surface area (Å²) in [6.07, 6.45) is 0.697. The molecule has 26 heavy (non-hydrogen) atoms. The number of rotatable bonds is 3. The first-order chi connectivity index (χ1) is 12.2. The average molecular weight is 353 g/mol. The topological polar surface area (TPSA) is 47.6 Å². The molecule has 0 saturated heterocycles. The van der Waals surface area contributed by atoms with Crippen LogP contribution in [0.2, 0.25) is 0 Å². The Labute approximate surface area is 155 Å². The molecule has 1 atom stereocenters. The van der Waals surface area contributed by atoms with Crippen molar-refractivity contribution < 1.29 is 14.3 Å². The monoisotopic (exact) mass is 353 g/mol. The van der Waals surface area contributed by atoms with Crippen LogP contribution < -0.4 is 14.8 Å². The average Bonchev–Trinajstić information content (AvgIpc) is 2.56. The molecule has 2 aromatic rings. The van der Waals surface area contributed by atoms with Gasteiger partial charge in [0, 0.05) is 17.5 Å². The molecular formula is C22H27NO3. The summed E-state index contributed by atoms with van der Waals surface area (Å²) in [5.74, 6) is 1.50. The van der Waals surface area contributed by atoms with Gasteiger partial charge in [-0.15, -0.1) is 0 Å². The quantitative estimate of drug-likeness (QED) is 0.873. The van der Waals surface area contributed by atoms with E-state index in [0.717, 1.165) is 33.8 Å². The largest absolute Gasteiger partial charge is 0.497 e. The van der Waals surface area contributed by atoms with Gasteiger partial charge in [0.2, 0.25) is 0 Å². The van der Waals surface area contributed by atoms with Crippen LogP contribution in [-0.4, -0.2) is 18.6 Å². The van der Waals surface area contributed by atoms with Crippen molar-refractivity contribution in [2.75, 3.05) is 7.11 Å². The summed E-state index contributed by atoms with van der Waals surface area (Å²) in [7, 11) is 1.64. The van der Waals surface area contributed by atoms with Crippen LogP contribution >= 0.6 is 0 Å². The molecule has 0 radical (unpaired) electrons. The molecule has 4 heteroatoms. The standard InChI is InChI=1S/C22H27NO3/c1-13-9-15(3)17(10-14(13)2)21(24)23-19-12-22(4,5)26-20-8-7-16(25-6)11-18(19)20/h7-11,19H,12H2,1-6H3,(H,23,24)/t19-/m0/s1. The molecule has 0 bridgehead atoms. The van der Waals surface area contributed by atoms with Gasteiger partial charge in [0.05, 0.1) is 13.2 Å². The van der Waals surface area contributed by atoms with Crippen LogP contribution in [0.15, 0.2) is 30.3 Å². The van der Waals surface area contributed by atoms with Crippen LogP contribution in [0, 0.1) is 20.8 Å². The highest BCUT2D eigenvalue weighted by Crippen LogP contribution is 2.41. The molecule has 2 aromatic carbocycles. The first-order valence-corrected chi connectivity index (χ1v) is 8.96. The number of aryl methyl sites for hydroxylation is 3. The minimum atomic E-state index is -0.349. The molecule has 0 aliphatic carbocycles. The first-order valence-electron chi connectivity index (χ1n) is 8.96. The maximum atomic E-state index is 13.0. The lowest BCUT2D eigenvalue weighted by Crippen LogP contribution is -2.41. The van der Waals surface area contributed by atoms with Gasteiger partial charge in [-0.2, -0.15) is 0 Å². The van der Waals surface area contributed by atoms with E-state index in [-0.39, 0.29) is 17.6 Å². The number of hydrogen-bond donors (Lipinski definition) is 1. The van der Waals surface area contributed by atoms with Crippen LogP contribution in [0.5, 0.6) is 11.5 Å². The molecule has 1 amide bonds. The summed E-state index contributed by atoms with van der Waals surface area (Å²) in [6.45, 7) is 10.2. The third kappa shape index (κ3) is 3.55. The number of methoxy groups -OCH3 is 1. The maximum Gasteiger partial charge on any atom is 0.252 e. The highest BCUT2D eigenvalue weighted by molar-refractivity contribution is 5.96. The zero-order valence-electron chi connectivity index (χ0n) is 16.4. The van der Waals surface area contributed by atoms with E-state index in [1.165, 1.54) is 5.56 Å². The van der Waals surface area contributed by atoms with Crippen molar-refractivity contribution in [2.24, 2.45) is 0 Å². The Morgan fingerprint density at radius 2 is 1.81 bits per heavy atom. The molecule has 1 N–H and O–H groups in total. The molecular weight excluding hydrogens is 326 g/mol. The number of fused-ring (bicyclic) bond motifs is 1. The van der Waals surface area contributed by atoms with Crippen molar-refractivity contribution in [3.8, 4) is 11.5 Å².